The molecule has 158 valence electrons. The fourth-order valence-electron chi connectivity index (χ4n) is 3.42. The molecular formula is C19H25N3O7. The Labute approximate surface area is 168 Å². The number of non-ortho nitro benzene ring substituents is 1. The van der Waals surface area contributed by atoms with Crippen LogP contribution in [0.5, 0.6) is 0 Å². The van der Waals surface area contributed by atoms with E-state index < -0.39 is 27.5 Å². The molecule has 0 bridgehead atoms. The summed E-state index contributed by atoms with van der Waals surface area (Å²) in [6, 6.07) is 3.46. The Hall–Kier alpha value is -3.04. The van der Waals surface area contributed by atoms with E-state index in [1.165, 1.54) is 12.1 Å². The number of amides is 1. The Bertz CT molecular complexity index is 795. The first-order valence-electron chi connectivity index (χ1n) is 9.36. The summed E-state index contributed by atoms with van der Waals surface area (Å²) in [5.74, 6) is -0.517. The van der Waals surface area contributed by atoms with E-state index in [-0.39, 0.29) is 29.3 Å². The Morgan fingerprint density at radius 3 is 2.34 bits per heavy atom. The average Bonchev–Trinajstić information content (AvgIpc) is 2.64. The molecule has 1 aliphatic heterocycles. The summed E-state index contributed by atoms with van der Waals surface area (Å²) in [5, 5.41) is 22.2. The molecule has 1 heterocycles. The SMILES string of the molecule is CC(C)(C)OC(=O)N1CCC([C@@H](C=O)Cc2ccc([N+](=O)[O-])cc2[N+](=O)[O-])CC1. The van der Waals surface area contributed by atoms with Gasteiger partial charge in [-0.2, -0.15) is 0 Å². The number of carbonyl (C=O) groups is 2. The number of ether oxygens (including phenoxy) is 1. The van der Waals surface area contributed by atoms with Crippen LogP contribution < -0.4 is 0 Å². The molecule has 0 aromatic heterocycles. The fraction of sp³-hybridized carbons (Fsp3) is 0.579. The average molecular weight is 407 g/mol. The van der Waals surface area contributed by atoms with Gasteiger partial charge < -0.3 is 14.4 Å². The Balaban J connectivity index is 2.07. The second-order valence-corrected chi connectivity index (χ2v) is 8.14. The van der Waals surface area contributed by atoms with E-state index >= 15 is 0 Å². The van der Waals surface area contributed by atoms with Gasteiger partial charge >= 0.3 is 6.09 Å². The minimum Gasteiger partial charge on any atom is -0.444 e. The molecule has 10 heteroatoms. The maximum absolute atomic E-state index is 12.2. The van der Waals surface area contributed by atoms with E-state index in [0.29, 0.717) is 25.9 Å². The molecule has 0 spiro atoms. The first-order chi connectivity index (χ1) is 13.5. The number of benzene rings is 1. The van der Waals surface area contributed by atoms with Crippen molar-refractivity contribution < 1.29 is 24.2 Å². The molecule has 1 aromatic rings. The van der Waals surface area contributed by atoms with Gasteiger partial charge in [0.1, 0.15) is 11.9 Å². The molecule has 1 aromatic carbocycles. The van der Waals surface area contributed by atoms with Crippen molar-refractivity contribution in [2.24, 2.45) is 11.8 Å². The van der Waals surface area contributed by atoms with Crippen LogP contribution in [0.25, 0.3) is 0 Å². The van der Waals surface area contributed by atoms with E-state index in [1.807, 2.05) is 0 Å². The van der Waals surface area contributed by atoms with Gasteiger partial charge in [0.2, 0.25) is 0 Å². The number of nitro benzene ring substituents is 2. The molecule has 1 atom stereocenters. The second-order valence-electron chi connectivity index (χ2n) is 8.14. The van der Waals surface area contributed by atoms with Crippen LogP contribution >= 0.6 is 0 Å². The predicted molar refractivity (Wildman–Crippen MR) is 104 cm³/mol. The van der Waals surface area contributed by atoms with Gasteiger partial charge in [-0.3, -0.25) is 20.2 Å². The molecule has 29 heavy (non-hydrogen) atoms. The number of nitro groups is 2. The van der Waals surface area contributed by atoms with Gasteiger partial charge in [0.05, 0.1) is 15.9 Å². The standard InChI is InChI=1S/C19H25N3O7/c1-19(2,3)29-18(24)20-8-6-13(7-9-20)15(12-23)10-14-4-5-16(21(25)26)11-17(14)22(27)28/h4-5,11-13,15H,6-10H2,1-3H3/t15-/m1/s1. The molecule has 0 saturated carbocycles. The zero-order valence-corrected chi connectivity index (χ0v) is 16.7. The van der Waals surface area contributed by atoms with E-state index in [4.69, 9.17) is 4.74 Å². The lowest BCUT2D eigenvalue weighted by Crippen LogP contribution is -2.43. The number of nitrogens with zero attached hydrogens (tertiary/aromatic N) is 3. The summed E-state index contributed by atoms with van der Waals surface area (Å²) >= 11 is 0. The van der Waals surface area contributed by atoms with Gasteiger partial charge in [-0.25, -0.2) is 4.79 Å². The van der Waals surface area contributed by atoms with Crippen LogP contribution in [0.4, 0.5) is 16.2 Å². The zero-order valence-electron chi connectivity index (χ0n) is 16.7. The van der Waals surface area contributed by atoms with Gasteiger partial charge in [0, 0.05) is 30.6 Å². The molecule has 1 saturated heterocycles. The maximum Gasteiger partial charge on any atom is 0.410 e. The van der Waals surface area contributed by atoms with Crippen molar-refractivity contribution >= 4 is 23.8 Å². The fourth-order valence-corrected chi connectivity index (χ4v) is 3.42. The van der Waals surface area contributed by atoms with Gasteiger partial charge in [0.15, 0.2) is 0 Å². The summed E-state index contributed by atoms with van der Waals surface area (Å²) in [6.07, 6.45) is 1.64. The van der Waals surface area contributed by atoms with E-state index in [2.05, 4.69) is 0 Å². The third-order valence-electron chi connectivity index (χ3n) is 4.90. The number of likely N-dealkylation sites (tertiary alicyclic amines) is 1. The van der Waals surface area contributed by atoms with Crippen LogP contribution in [0, 0.1) is 32.1 Å². The third kappa shape index (κ3) is 5.97. The Morgan fingerprint density at radius 1 is 1.24 bits per heavy atom. The van der Waals surface area contributed by atoms with Gasteiger partial charge in [-0.05, 0) is 52.0 Å². The summed E-state index contributed by atoms with van der Waals surface area (Å²) in [4.78, 5) is 46.3. The molecule has 0 unspecified atom stereocenters. The monoisotopic (exact) mass is 407 g/mol. The number of carbonyl (C=O) groups excluding carboxylic acids is 2. The number of hydrogen-bond acceptors (Lipinski definition) is 7. The van der Waals surface area contributed by atoms with E-state index in [1.54, 1.807) is 25.7 Å². The Kier molecular flexibility index (Phi) is 6.89. The van der Waals surface area contributed by atoms with Crippen LogP contribution in [-0.4, -0.2) is 45.8 Å². The quantitative estimate of drug-likeness (QED) is 0.400. The second kappa shape index (κ2) is 8.97. The van der Waals surface area contributed by atoms with Crippen LogP contribution in [-0.2, 0) is 16.0 Å². The van der Waals surface area contributed by atoms with E-state index in [0.717, 1.165) is 12.4 Å². The van der Waals surface area contributed by atoms with Crippen LogP contribution in [0.3, 0.4) is 0 Å². The van der Waals surface area contributed by atoms with Crippen molar-refractivity contribution in [3.05, 3.63) is 44.0 Å². The normalized spacial score (nSPS) is 16.2. The summed E-state index contributed by atoms with van der Waals surface area (Å²) in [6.45, 7) is 6.24. The molecule has 1 fully saturated rings. The number of piperidine rings is 1. The maximum atomic E-state index is 12.2. The van der Waals surface area contributed by atoms with Gasteiger partial charge in [0.25, 0.3) is 11.4 Å². The van der Waals surface area contributed by atoms with Crippen LogP contribution in [0.1, 0.15) is 39.2 Å². The van der Waals surface area contributed by atoms with Crippen molar-refractivity contribution in [1.29, 1.82) is 0 Å². The number of aldehydes is 1. The minimum atomic E-state index is -0.694. The third-order valence-corrected chi connectivity index (χ3v) is 4.90. The highest BCUT2D eigenvalue weighted by Crippen LogP contribution is 2.32. The molecule has 1 amide bonds. The van der Waals surface area contributed by atoms with Crippen LogP contribution in [0.2, 0.25) is 0 Å². The lowest BCUT2D eigenvalue weighted by atomic mass is 9.81. The molecule has 0 aliphatic carbocycles. The van der Waals surface area contributed by atoms with Gasteiger partial charge in [-0.15, -0.1) is 0 Å². The first kappa shape index (κ1) is 22.3. The number of hydrogen-bond donors (Lipinski definition) is 0. The number of rotatable bonds is 6. The highest BCUT2D eigenvalue weighted by molar-refractivity contribution is 5.68. The Morgan fingerprint density at radius 2 is 1.86 bits per heavy atom. The lowest BCUT2D eigenvalue weighted by Gasteiger charge is -2.35. The van der Waals surface area contributed by atoms with Crippen molar-refractivity contribution in [2.75, 3.05) is 13.1 Å². The predicted octanol–water partition coefficient (Wildman–Crippen LogP) is 3.51. The summed E-state index contributed by atoms with van der Waals surface area (Å²) in [5.41, 5.74) is -1.04. The van der Waals surface area contributed by atoms with Crippen LogP contribution in [0.15, 0.2) is 18.2 Å². The topological polar surface area (TPSA) is 133 Å². The highest BCUT2D eigenvalue weighted by atomic mass is 16.6. The molecule has 0 radical (unpaired) electrons. The summed E-state index contributed by atoms with van der Waals surface area (Å²) < 4.78 is 5.35. The lowest BCUT2D eigenvalue weighted by molar-refractivity contribution is -0.394. The molecule has 1 aliphatic rings. The smallest absolute Gasteiger partial charge is 0.410 e. The highest BCUT2D eigenvalue weighted by Gasteiger charge is 2.32. The van der Waals surface area contributed by atoms with Crippen molar-refractivity contribution in [3.63, 3.8) is 0 Å². The van der Waals surface area contributed by atoms with Gasteiger partial charge in [-0.1, -0.05) is 0 Å². The molecular weight excluding hydrogens is 382 g/mol. The summed E-state index contributed by atoms with van der Waals surface area (Å²) in [7, 11) is 0. The minimum absolute atomic E-state index is 0.0408. The molecule has 0 N–H and O–H groups in total. The van der Waals surface area contributed by atoms with Crippen molar-refractivity contribution in [3.8, 4) is 0 Å². The molecule has 10 nitrogen and oxygen atoms in total. The largest absolute Gasteiger partial charge is 0.444 e. The van der Waals surface area contributed by atoms with E-state index in [9.17, 15) is 29.8 Å². The molecule has 2 rings (SSSR count). The first-order valence-corrected chi connectivity index (χ1v) is 9.36. The van der Waals surface area contributed by atoms with Crippen molar-refractivity contribution in [1.82, 2.24) is 4.90 Å². The van der Waals surface area contributed by atoms with Crippen molar-refractivity contribution in [2.45, 2.75) is 45.6 Å². The zero-order chi connectivity index (χ0) is 21.8.